The summed E-state index contributed by atoms with van der Waals surface area (Å²) in [6.45, 7) is 2.58. The fraction of sp³-hybridized carbons (Fsp3) is 0.938. The Morgan fingerprint density at radius 1 is 1.15 bits per heavy atom. The second-order valence-corrected chi connectivity index (χ2v) is 10.1. The van der Waals surface area contributed by atoms with Crippen LogP contribution in [0.1, 0.15) is 25.7 Å². The highest BCUT2D eigenvalue weighted by Gasteiger charge is 2.44. The van der Waals surface area contributed by atoms with Crippen molar-refractivity contribution in [3.8, 4) is 0 Å². The number of rotatable bonds is 6. The number of hydrogen-bond donors (Lipinski definition) is 4. The van der Waals surface area contributed by atoms with E-state index in [1.165, 1.54) is 0 Å². The lowest BCUT2D eigenvalue weighted by atomic mass is 9.74. The van der Waals surface area contributed by atoms with Gasteiger partial charge in [0, 0.05) is 26.3 Å². The Morgan fingerprint density at radius 2 is 1.81 bits per heavy atom. The summed E-state index contributed by atoms with van der Waals surface area (Å²) in [6.07, 6.45) is 0.707. The number of nitrogens with one attached hydrogen (secondary N) is 4. The molecule has 2 saturated heterocycles. The van der Waals surface area contributed by atoms with E-state index in [0.29, 0.717) is 38.9 Å². The average Bonchev–Trinajstić information content (AvgIpc) is 3.17. The Hall–Kier alpha value is -0.520. The summed E-state index contributed by atoms with van der Waals surface area (Å²) in [4.78, 5) is 14.6. The van der Waals surface area contributed by atoms with E-state index < -0.39 is 33.4 Å². The summed E-state index contributed by atoms with van der Waals surface area (Å²) >= 11 is 6.15. The molecule has 2 heterocycles. The van der Waals surface area contributed by atoms with Gasteiger partial charge in [0.1, 0.15) is 6.17 Å². The third-order valence-electron chi connectivity index (χ3n) is 5.80. The van der Waals surface area contributed by atoms with Crippen LogP contribution in [0, 0.1) is 23.7 Å². The molecule has 0 aromatic heterocycles. The standard InChI is InChI=1S/C16H28ClFN4O4S/c17-14-6-11(12-7-19-20-8-12)5-13(15(14)18)16(23)21-22-27(24,25)9-10-1-3-26-4-2-10/h10-15,19-20,22H,1-9H2,(H,21,23). The Kier molecular flexibility index (Phi) is 7.32. The maximum absolute atomic E-state index is 14.5. The predicted octanol–water partition coefficient (Wildman–Crippen LogP) is 0.0593. The van der Waals surface area contributed by atoms with Crippen LogP contribution in [0.15, 0.2) is 0 Å². The molecule has 1 amide bonds. The van der Waals surface area contributed by atoms with Crippen LogP contribution in [0.5, 0.6) is 0 Å². The van der Waals surface area contributed by atoms with E-state index in [0.717, 1.165) is 13.1 Å². The highest BCUT2D eigenvalue weighted by molar-refractivity contribution is 7.89. The normalized spacial score (nSPS) is 33.9. The number of halogens is 2. The van der Waals surface area contributed by atoms with Crippen molar-refractivity contribution in [3.63, 3.8) is 0 Å². The molecule has 1 saturated carbocycles. The van der Waals surface area contributed by atoms with Crippen molar-refractivity contribution < 1.29 is 22.3 Å². The van der Waals surface area contributed by atoms with E-state index in [1.54, 1.807) is 0 Å². The van der Waals surface area contributed by atoms with Crippen LogP contribution >= 0.6 is 11.6 Å². The fourth-order valence-corrected chi connectivity index (χ4v) is 5.86. The largest absolute Gasteiger partial charge is 0.381 e. The van der Waals surface area contributed by atoms with Gasteiger partial charge in [-0.3, -0.25) is 21.1 Å². The minimum absolute atomic E-state index is 0.00396. The highest BCUT2D eigenvalue weighted by atomic mass is 35.5. The zero-order valence-corrected chi connectivity index (χ0v) is 16.7. The maximum Gasteiger partial charge on any atom is 0.241 e. The lowest BCUT2D eigenvalue weighted by Crippen LogP contribution is -2.51. The monoisotopic (exact) mass is 426 g/mol. The second kappa shape index (κ2) is 9.32. The van der Waals surface area contributed by atoms with Gasteiger partial charge in [0.15, 0.2) is 0 Å². The summed E-state index contributed by atoms with van der Waals surface area (Å²) in [7, 11) is -3.69. The molecule has 3 aliphatic rings. The predicted molar refractivity (Wildman–Crippen MR) is 98.9 cm³/mol. The zero-order chi connectivity index (χ0) is 19.4. The van der Waals surface area contributed by atoms with Crippen molar-refractivity contribution in [2.45, 2.75) is 37.2 Å². The van der Waals surface area contributed by atoms with Gasteiger partial charge in [0.2, 0.25) is 15.9 Å². The van der Waals surface area contributed by atoms with Gasteiger partial charge in [-0.2, -0.15) is 0 Å². The molecule has 0 aromatic rings. The Bertz CT molecular complexity index is 614. The lowest BCUT2D eigenvalue weighted by Gasteiger charge is -2.36. The quantitative estimate of drug-likeness (QED) is 0.353. The summed E-state index contributed by atoms with van der Waals surface area (Å²) in [5.41, 5.74) is 8.28. The van der Waals surface area contributed by atoms with Gasteiger partial charge in [0.25, 0.3) is 0 Å². The van der Waals surface area contributed by atoms with E-state index >= 15 is 0 Å². The van der Waals surface area contributed by atoms with Crippen LogP contribution in [-0.4, -0.2) is 57.9 Å². The lowest BCUT2D eigenvalue weighted by molar-refractivity contribution is -0.129. The van der Waals surface area contributed by atoms with Crippen LogP contribution in [0.4, 0.5) is 4.39 Å². The van der Waals surface area contributed by atoms with Gasteiger partial charge < -0.3 is 4.74 Å². The Balaban J connectivity index is 1.53. The molecule has 11 heteroatoms. The van der Waals surface area contributed by atoms with Crippen molar-refractivity contribution in [2.24, 2.45) is 23.7 Å². The van der Waals surface area contributed by atoms with Gasteiger partial charge in [-0.25, -0.2) is 12.8 Å². The van der Waals surface area contributed by atoms with Gasteiger partial charge in [-0.1, -0.05) is 0 Å². The molecule has 4 atom stereocenters. The number of carbonyl (C=O) groups excluding carboxylic acids is 1. The molecule has 2 aliphatic heterocycles. The molecule has 3 rings (SSSR count). The first kappa shape index (κ1) is 21.2. The van der Waals surface area contributed by atoms with Crippen molar-refractivity contribution >= 4 is 27.5 Å². The minimum atomic E-state index is -3.69. The zero-order valence-electron chi connectivity index (χ0n) is 15.1. The fourth-order valence-electron chi connectivity index (χ4n) is 4.16. The molecule has 1 aliphatic carbocycles. The molecule has 3 fully saturated rings. The van der Waals surface area contributed by atoms with Gasteiger partial charge >= 0.3 is 0 Å². The molecule has 0 bridgehead atoms. The van der Waals surface area contributed by atoms with E-state index in [2.05, 4.69) is 21.1 Å². The molecular formula is C16H28ClFN4O4S. The van der Waals surface area contributed by atoms with Crippen molar-refractivity contribution in [2.75, 3.05) is 32.1 Å². The van der Waals surface area contributed by atoms with E-state index in [9.17, 15) is 17.6 Å². The topological polar surface area (TPSA) is 109 Å². The number of carbonyl (C=O) groups is 1. The van der Waals surface area contributed by atoms with Gasteiger partial charge in [0.05, 0.1) is 17.0 Å². The molecule has 0 aromatic carbocycles. The van der Waals surface area contributed by atoms with Crippen LogP contribution in [-0.2, 0) is 19.6 Å². The Labute approximate surface area is 164 Å². The minimum Gasteiger partial charge on any atom is -0.381 e. The number of hydrogen-bond acceptors (Lipinski definition) is 6. The molecule has 27 heavy (non-hydrogen) atoms. The summed E-state index contributed by atoms with van der Waals surface area (Å²) < 4.78 is 44.2. The molecule has 8 nitrogen and oxygen atoms in total. The third-order valence-corrected chi connectivity index (χ3v) is 7.54. The van der Waals surface area contributed by atoms with Crippen molar-refractivity contribution in [1.82, 2.24) is 21.1 Å². The van der Waals surface area contributed by atoms with Crippen molar-refractivity contribution in [3.05, 3.63) is 0 Å². The molecule has 4 unspecified atom stereocenters. The van der Waals surface area contributed by atoms with Crippen LogP contribution < -0.4 is 21.1 Å². The summed E-state index contributed by atoms with van der Waals surface area (Å²) in [6, 6.07) is 0. The number of ether oxygens (including phenoxy) is 1. The second-order valence-electron chi connectivity index (χ2n) is 7.75. The average molecular weight is 427 g/mol. The van der Waals surface area contributed by atoms with Gasteiger partial charge in [-0.05, 0) is 43.4 Å². The first-order chi connectivity index (χ1) is 12.9. The first-order valence-electron chi connectivity index (χ1n) is 9.46. The van der Waals surface area contributed by atoms with Crippen LogP contribution in [0.2, 0.25) is 0 Å². The number of hydrazine groups is 2. The van der Waals surface area contributed by atoms with Crippen LogP contribution in [0.3, 0.4) is 0 Å². The number of amides is 1. The Morgan fingerprint density at radius 3 is 2.48 bits per heavy atom. The first-order valence-corrected chi connectivity index (χ1v) is 11.6. The molecule has 0 spiro atoms. The highest BCUT2D eigenvalue weighted by Crippen LogP contribution is 2.38. The molecule has 156 valence electrons. The number of sulfonamides is 1. The van der Waals surface area contributed by atoms with E-state index in [-0.39, 0.29) is 23.5 Å². The maximum atomic E-state index is 14.5. The van der Waals surface area contributed by atoms with Crippen molar-refractivity contribution in [1.29, 1.82) is 0 Å². The summed E-state index contributed by atoms with van der Waals surface area (Å²) in [5.74, 6) is -1.32. The van der Waals surface area contributed by atoms with Crippen LogP contribution in [0.25, 0.3) is 0 Å². The molecule has 4 N–H and O–H groups in total. The summed E-state index contributed by atoms with van der Waals surface area (Å²) in [5, 5.41) is -0.751. The van der Waals surface area contributed by atoms with Gasteiger partial charge in [-0.15, -0.1) is 16.4 Å². The third kappa shape index (κ3) is 5.74. The van der Waals surface area contributed by atoms with E-state index in [1.807, 2.05) is 0 Å². The molecular weight excluding hydrogens is 399 g/mol. The smallest absolute Gasteiger partial charge is 0.241 e. The molecule has 0 radical (unpaired) electrons. The van der Waals surface area contributed by atoms with E-state index in [4.69, 9.17) is 16.3 Å². The number of alkyl halides is 2. The SMILES string of the molecule is O=C(NNS(=O)(=O)CC1CCOCC1)C1CC(C2CNNC2)CC(Cl)C1F.